The Labute approximate surface area is 256 Å². The summed E-state index contributed by atoms with van der Waals surface area (Å²) in [4.78, 5) is 27.1. The van der Waals surface area contributed by atoms with Gasteiger partial charge in [-0.2, -0.15) is 4.98 Å². The lowest BCUT2D eigenvalue weighted by Gasteiger charge is -2.22. The van der Waals surface area contributed by atoms with Crippen LogP contribution in [0.15, 0.2) is 46.9 Å². The first kappa shape index (κ1) is 28.3. The van der Waals surface area contributed by atoms with Crippen molar-refractivity contribution in [3.05, 3.63) is 70.7 Å². The molecule has 2 fully saturated rings. The van der Waals surface area contributed by atoms with Gasteiger partial charge in [0.2, 0.25) is 11.8 Å². The van der Waals surface area contributed by atoms with Crippen LogP contribution in [0.5, 0.6) is 11.6 Å². The van der Waals surface area contributed by atoms with Gasteiger partial charge in [-0.05, 0) is 85.9 Å². The van der Waals surface area contributed by atoms with Crippen molar-refractivity contribution in [3.8, 4) is 11.6 Å². The highest BCUT2D eigenvalue weighted by molar-refractivity contribution is 5.95. The van der Waals surface area contributed by atoms with E-state index in [1.54, 1.807) is 19.2 Å². The summed E-state index contributed by atoms with van der Waals surface area (Å²) in [5.74, 6) is 2.48. The zero-order valence-electron chi connectivity index (χ0n) is 25.2. The maximum atomic E-state index is 12.9. The zero-order valence-corrected chi connectivity index (χ0v) is 25.2. The van der Waals surface area contributed by atoms with Gasteiger partial charge in [-0.15, -0.1) is 0 Å². The Morgan fingerprint density at radius 3 is 2.68 bits per heavy atom. The van der Waals surface area contributed by atoms with Crippen molar-refractivity contribution in [2.24, 2.45) is 5.92 Å². The van der Waals surface area contributed by atoms with Gasteiger partial charge < -0.3 is 29.3 Å². The Morgan fingerprint density at radius 2 is 1.86 bits per heavy atom. The van der Waals surface area contributed by atoms with E-state index in [9.17, 15) is 4.79 Å². The lowest BCUT2D eigenvalue weighted by atomic mass is 10.0. The maximum Gasteiger partial charge on any atom is 0.251 e. The third kappa shape index (κ3) is 5.86. The second-order valence-electron chi connectivity index (χ2n) is 11.7. The molecule has 3 heterocycles. The van der Waals surface area contributed by atoms with Crippen molar-refractivity contribution >= 4 is 34.2 Å². The summed E-state index contributed by atoms with van der Waals surface area (Å²) < 4.78 is 23.5. The fraction of sp³-hybridized carbons (Fsp3) is 0.412. The molecule has 0 bridgehead atoms. The number of allylic oxidation sites excluding steroid dienone is 1. The van der Waals surface area contributed by atoms with E-state index in [0.29, 0.717) is 53.6 Å². The fourth-order valence-corrected chi connectivity index (χ4v) is 6.32. The molecule has 1 aliphatic heterocycles. The van der Waals surface area contributed by atoms with Crippen molar-refractivity contribution in [2.75, 3.05) is 32.2 Å². The molecule has 3 aliphatic rings. The number of methoxy groups -OCH3 is 1. The van der Waals surface area contributed by atoms with Crippen LogP contribution >= 0.6 is 0 Å². The molecule has 2 N–H and O–H groups in total. The molecule has 0 unspecified atom stereocenters. The average Bonchev–Trinajstić information content (AvgIpc) is 3.80. The standard InChI is InChI=1S/C34H37N5O5/c1-20-36-27-10-7-22(17-30(27)43-20)25-9-12-28-31(25)33(44-24-5-3-4-6-24)39-34(38-28)37-26-11-8-23(18-29(26)41-2)32(40)35-19-21-13-15-42-16-14-21/h7-11,17-18,21,24H,3-6,12-16,19H2,1-2H3,(H,35,40)(H,37,38,39). The molecule has 0 radical (unpaired) electrons. The number of oxazole rings is 1. The molecule has 2 aliphatic carbocycles. The maximum absolute atomic E-state index is 12.9. The third-order valence-corrected chi connectivity index (χ3v) is 8.71. The van der Waals surface area contributed by atoms with Crippen molar-refractivity contribution < 1.29 is 23.4 Å². The van der Waals surface area contributed by atoms with Crippen LogP contribution < -0.4 is 20.1 Å². The van der Waals surface area contributed by atoms with Gasteiger partial charge >= 0.3 is 0 Å². The largest absolute Gasteiger partial charge is 0.495 e. The highest BCUT2D eigenvalue weighted by Gasteiger charge is 2.28. The number of carbonyl (C=O) groups excluding carboxylic acids is 1. The van der Waals surface area contributed by atoms with Crippen LogP contribution in [0.4, 0.5) is 11.6 Å². The Balaban J connectivity index is 1.15. The Bertz CT molecular complexity index is 1720. The number of ether oxygens (including phenoxy) is 3. The number of fused-ring (bicyclic) bond motifs is 2. The van der Waals surface area contributed by atoms with Crippen LogP contribution in [-0.2, 0) is 11.2 Å². The number of benzene rings is 2. The minimum Gasteiger partial charge on any atom is -0.495 e. The number of nitrogens with one attached hydrogen (secondary N) is 2. The molecule has 2 aromatic carbocycles. The van der Waals surface area contributed by atoms with E-state index in [4.69, 9.17) is 28.6 Å². The Kier molecular flexibility index (Phi) is 7.91. The van der Waals surface area contributed by atoms with Gasteiger partial charge in [-0.3, -0.25) is 4.79 Å². The minimum atomic E-state index is -0.125. The first-order valence-electron chi connectivity index (χ1n) is 15.5. The number of aromatic nitrogens is 3. The molecule has 7 rings (SSSR count). The van der Waals surface area contributed by atoms with Gasteiger partial charge in [0.25, 0.3) is 5.91 Å². The number of rotatable bonds is 9. The van der Waals surface area contributed by atoms with Crippen molar-refractivity contribution in [1.29, 1.82) is 0 Å². The van der Waals surface area contributed by atoms with Crippen LogP contribution in [-0.4, -0.2) is 53.8 Å². The molecular weight excluding hydrogens is 558 g/mol. The highest BCUT2D eigenvalue weighted by Crippen LogP contribution is 2.41. The number of hydrogen-bond donors (Lipinski definition) is 2. The summed E-state index contributed by atoms with van der Waals surface area (Å²) in [7, 11) is 1.59. The molecular formula is C34H37N5O5. The Hall–Kier alpha value is -4.44. The minimum absolute atomic E-state index is 0.122. The van der Waals surface area contributed by atoms with Crippen LogP contribution in [0, 0.1) is 12.8 Å². The molecule has 4 aromatic rings. The number of hydrogen-bond acceptors (Lipinski definition) is 9. The summed E-state index contributed by atoms with van der Waals surface area (Å²) in [5, 5.41) is 6.39. The van der Waals surface area contributed by atoms with Gasteiger partial charge in [0.15, 0.2) is 11.5 Å². The number of aryl methyl sites for hydroxylation is 1. The molecule has 0 atom stereocenters. The first-order chi connectivity index (χ1) is 21.5. The molecule has 1 amide bonds. The summed E-state index contributed by atoms with van der Waals surface area (Å²) in [6.45, 7) is 4.00. The van der Waals surface area contributed by atoms with Crippen LogP contribution in [0.1, 0.15) is 71.6 Å². The number of anilines is 2. The van der Waals surface area contributed by atoms with Gasteiger partial charge in [-0.25, -0.2) is 9.97 Å². The van der Waals surface area contributed by atoms with Gasteiger partial charge in [0.1, 0.15) is 17.4 Å². The highest BCUT2D eigenvalue weighted by atomic mass is 16.5. The quantitative estimate of drug-likeness (QED) is 0.235. The summed E-state index contributed by atoms with van der Waals surface area (Å²) in [6, 6.07) is 11.4. The van der Waals surface area contributed by atoms with E-state index in [-0.39, 0.29) is 12.0 Å². The van der Waals surface area contributed by atoms with Gasteiger partial charge in [0, 0.05) is 38.7 Å². The molecule has 10 nitrogen and oxygen atoms in total. The topological polar surface area (TPSA) is 121 Å². The SMILES string of the molecule is COc1cc(C(=O)NCC2CCOCC2)ccc1Nc1nc2c(c(OC3CCCC3)n1)C(c1ccc3nc(C)oc3c1)=CC2. The van der Waals surface area contributed by atoms with Crippen LogP contribution in [0.3, 0.4) is 0 Å². The predicted octanol–water partition coefficient (Wildman–Crippen LogP) is 6.14. The molecule has 10 heteroatoms. The smallest absolute Gasteiger partial charge is 0.251 e. The molecule has 0 spiro atoms. The lowest BCUT2D eigenvalue weighted by Crippen LogP contribution is -2.32. The van der Waals surface area contributed by atoms with Crippen molar-refractivity contribution in [3.63, 3.8) is 0 Å². The second-order valence-corrected chi connectivity index (χ2v) is 11.7. The monoisotopic (exact) mass is 595 g/mol. The van der Waals surface area contributed by atoms with E-state index in [0.717, 1.165) is 85.2 Å². The summed E-state index contributed by atoms with van der Waals surface area (Å²) >= 11 is 0. The normalized spacial score (nSPS) is 17.0. The second kappa shape index (κ2) is 12.3. The average molecular weight is 596 g/mol. The van der Waals surface area contributed by atoms with E-state index < -0.39 is 0 Å². The zero-order chi connectivity index (χ0) is 30.0. The number of amides is 1. The van der Waals surface area contributed by atoms with E-state index >= 15 is 0 Å². The summed E-state index contributed by atoms with van der Waals surface area (Å²) in [6.07, 6.45) is 9.20. The van der Waals surface area contributed by atoms with E-state index in [1.165, 1.54) is 0 Å². The molecule has 2 aromatic heterocycles. The Morgan fingerprint density at radius 1 is 1.02 bits per heavy atom. The van der Waals surface area contributed by atoms with Crippen LogP contribution in [0.2, 0.25) is 0 Å². The summed E-state index contributed by atoms with van der Waals surface area (Å²) in [5.41, 5.74) is 6.64. The third-order valence-electron chi connectivity index (χ3n) is 8.71. The molecule has 228 valence electrons. The molecule has 44 heavy (non-hydrogen) atoms. The van der Waals surface area contributed by atoms with Gasteiger partial charge in [0.05, 0.1) is 24.1 Å². The predicted molar refractivity (Wildman–Crippen MR) is 167 cm³/mol. The van der Waals surface area contributed by atoms with Crippen molar-refractivity contribution in [1.82, 2.24) is 20.3 Å². The van der Waals surface area contributed by atoms with E-state index in [2.05, 4.69) is 27.8 Å². The number of carbonyl (C=O) groups is 1. The van der Waals surface area contributed by atoms with Gasteiger partial charge in [-0.1, -0.05) is 12.1 Å². The van der Waals surface area contributed by atoms with Crippen LogP contribution in [0.25, 0.3) is 16.7 Å². The lowest BCUT2D eigenvalue weighted by molar-refractivity contribution is 0.0642. The molecule has 1 saturated heterocycles. The molecule has 1 saturated carbocycles. The van der Waals surface area contributed by atoms with E-state index in [1.807, 2.05) is 25.1 Å². The first-order valence-corrected chi connectivity index (χ1v) is 15.5. The fourth-order valence-electron chi connectivity index (χ4n) is 6.32. The van der Waals surface area contributed by atoms with Crippen molar-refractivity contribution in [2.45, 2.75) is 58.0 Å². The number of nitrogens with zero attached hydrogens (tertiary/aromatic N) is 3.